The first-order chi connectivity index (χ1) is 10.2. The van der Waals surface area contributed by atoms with Gasteiger partial charge in [-0.05, 0) is 25.3 Å². The van der Waals surface area contributed by atoms with Crippen LogP contribution in [0.1, 0.15) is 57.4 Å². The van der Waals surface area contributed by atoms with E-state index < -0.39 is 5.54 Å². The van der Waals surface area contributed by atoms with E-state index >= 15 is 0 Å². The predicted molar refractivity (Wildman–Crippen MR) is 84.8 cm³/mol. The summed E-state index contributed by atoms with van der Waals surface area (Å²) in [7, 11) is 0. The van der Waals surface area contributed by atoms with Crippen LogP contribution in [0.25, 0.3) is 0 Å². The summed E-state index contributed by atoms with van der Waals surface area (Å²) in [6.45, 7) is 1.80. The summed E-state index contributed by atoms with van der Waals surface area (Å²) in [4.78, 5) is 12.6. The third kappa shape index (κ3) is 4.31. The Morgan fingerprint density at radius 2 is 1.71 bits per heavy atom. The van der Waals surface area contributed by atoms with Gasteiger partial charge in [0.1, 0.15) is 0 Å². The first kappa shape index (κ1) is 16.0. The highest BCUT2D eigenvalue weighted by Gasteiger charge is 2.30. The van der Waals surface area contributed by atoms with Crippen LogP contribution >= 0.6 is 0 Å². The van der Waals surface area contributed by atoms with Crippen LogP contribution in [0.3, 0.4) is 0 Å². The number of amides is 1. The van der Waals surface area contributed by atoms with Gasteiger partial charge in [-0.1, -0.05) is 62.4 Å². The number of benzene rings is 1. The molecule has 0 spiro atoms. The summed E-state index contributed by atoms with van der Waals surface area (Å²) in [6, 6.07) is 9.72. The molecule has 3 heteroatoms. The van der Waals surface area contributed by atoms with Gasteiger partial charge in [-0.15, -0.1) is 0 Å². The highest BCUT2D eigenvalue weighted by molar-refractivity contribution is 5.79. The number of hydrogen-bond acceptors (Lipinski definition) is 2. The lowest BCUT2D eigenvalue weighted by Gasteiger charge is -2.31. The molecule has 2 N–H and O–H groups in total. The van der Waals surface area contributed by atoms with Gasteiger partial charge < -0.3 is 10.4 Å². The molecule has 0 radical (unpaired) electrons. The Kier molecular flexibility index (Phi) is 5.80. The van der Waals surface area contributed by atoms with Crippen molar-refractivity contribution in [3.8, 4) is 0 Å². The molecule has 1 aromatic rings. The minimum absolute atomic E-state index is 0.0878. The van der Waals surface area contributed by atoms with Gasteiger partial charge in [0.25, 0.3) is 0 Å². The molecule has 0 aromatic heterocycles. The van der Waals surface area contributed by atoms with Crippen LogP contribution in [0.4, 0.5) is 0 Å². The molecule has 0 heterocycles. The maximum absolute atomic E-state index is 12.6. The molecule has 1 aromatic carbocycles. The van der Waals surface area contributed by atoms with Crippen LogP contribution < -0.4 is 5.32 Å². The molecule has 1 fully saturated rings. The predicted octanol–water partition coefficient (Wildman–Crippen LogP) is 3.37. The molecule has 0 saturated heterocycles. The van der Waals surface area contributed by atoms with Gasteiger partial charge >= 0.3 is 0 Å². The normalized spacial score (nSPS) is 20.1. The van der Waals surface area contributed by atoms with Crippen molar-refractivity contribution in [2.45, 2.75) is 57.4 Å². The Morgan fingerprint density at radius 1 is 1.14 bits per heavy atom. The summed E-state index contributed by atoms with van der Waals surface area (Å²) in [5.41, 5.74) is 0.257. The van der Waals surface area contributed by atoms with Gasteiger partial charge in [0, 0.05) is 5.92 Å². The Balaban J connectivity index is 2.04. The molecular weight excluding hydrogens is 262 g/mol. The van der Waals surface area contributed by atoms with Crippen molar-refractivity contribution in [2.24, 2.45) is 5.92 Å². The number of carbonyl (C=O) groups excluding carboxylic acids is 1. The number of nitrogens with one attached hydrogen (secondary N) is 1. The highest BCUT2D eigenvalue weighted by atomic mass is 16.3. The van der Waals surface area contributed by atoms with Gasteiger partial charge in [-0.25, -0.2) is 0 Å². The third-order valence-electron chi connectivity index (χ3n) is 4.60. The number of aliphatic hydroxyl groups is 1. The zero-order valence-electron chi connectivity index (χ0n) is 13.0. The van der Waals surface area contributed by atoms with Crippen molar-refractivity contribution in [2.75, 3.05) is 6.61 Å². The lowest BCUT2D eigenvalue weighted by atomic mass is 9.88. The van der Waals surface area contributed by atoms with E-state index in [-0.39, 0.29) is 18.4 Å². The second kappa shape index (κ2) is 7.60. The van der Waals surface area contributed by atoms with Gasteiger partial charge in [-0.3, -0.25) is 4.79 Å². The van der Waals surface area contributed by atoms with E-state index in [2.05, 4.69) is 5.32 Å². The molecule has 1 saturated carbocycles. The number of rotatable bonds is 4. The summed E-state index contributed by atoms with van der Waals surface area (Å²) in [5.74, 6) is 0.192. The summed E-state index contributed by atoms with van der Waals surface area (Å²) < 4.78 is 0. The lowest BCUT2D eigenvalue weighted by molar-refractivity contribution is -0.128. The maximum Gasteiger partial charge on any atom is 0.223 e. The average Bonchev–Trinajstić information content (AvgIpc) is 2.47. The molecule has 1 unspecified atom stereocenters. The maximum atomic E-state index is 12.6. The molecule has 1 atom stereocenters. The first-order valence-corrected chi connectivity index (χ1v) is 8.14. The van der Waals surface area contributed by atoms with E-state index in [1.165, 1.54) is 19.3 Å². The van der Waals surface area contributed by atoms with E-state index in [1.54, 1.807) is 0 Å². The van der Waals surface area contributed by atoms with Crippen LogP contribution in [0.15, 0.2) is 30.3 Å². The molecule has 1 aliphatic rings. The van der Waals surface area contributed by atoms with Crippen LogP contribution in [-0.4, -0.2) is 17.6 Å². The Hall–Kier alpha value is -1.35. The topological polar surface area (TPSA) is 49.3 Å². The van der Waals surface area contributed by atoms with E-state index in [9.17, 15) is 9.90 Å². The minimum Gasteiger partial charge on any atom is -0.394 e. The molecule has 116 valence electrons. The molecule has 1 aliphatic carbocycles. The Morgan fingerprint density at radius 3 is 2.29 bits per heavy atom. The molecular formula is C18H27NO2. The van der Waals surface area contributed by atoms with Gasteiger partial charge in [-0.2, -0.15) is 0 Å². The van der Waals surface area contributed by atoms with Crippen molar-refractivity contribution in [3.05, 3.63) is 35.9 Å². The van der Waals surface area contributed by atoms with Crippen LogP contribution in [0, 0.1) is 5.92 Å². The van der Waals surface area contributed by atoms with Crippen molar-refractivity contribution < 1.29 is 9.90 Å². The molecule has 21 heavy (non-hydrogen) atoms. The van der Waals surface area contributed by atoms with Crippen molar-refractivity contribution in [1.82, 2.24) is 5.32 Å². The molecule has 0 aliphatic heterocycles. The van der Waals surface area contributed by atoms with Crippen molar-refractivity contribution in [3.63, 3.8) is 0 Å². The number of carbonyl (C=O) groups is 1. The van der Waals surface area contributed by atoms with Gasteiger partial charge in [0.15, 0.2) is 0 Å². The van der Waals surface area contributed by atoms with Gasteiger partial charge in [0.2, 0.25) is 5.91 Å². The molecule has 1 amide bonds. The summed E-state index contributed by atoms with van der Waals surface area (Å²) in [5, 5.41) is 12.9. The van der Waals surface area contributed by atoms with E-state index in [0.29, 0.717) is 0 Å². The van der Waals surface area contributed by atoms with E-state index in [4.69, 9.17) is 0 Å². The van der Waals surface area contributed by atoms with E-state index in [1.807, 2.05) is 37.3 Å². The Bertz CT molecular complexity index is 438. The zero-order chi connectivity index (χ0) is 15.1. The monoisotopic (exact) mass is 289 g/mol. The number of aliphatic hydroxyl groups excluding tert-OH is 1. The fraction of sp³-hybridized carbons (Fsp3) is 0.611. The fourth-order valence-electron chi connectivity index (χ4n) is 3.10. The quantitative estimate of drug-likeness (QED) is 0.893. The summed E-state index contributed by atoms with van der Waals surface area (Å²) in [6.07, 6.45) is 8.00. The van der Waals surface area contributed by atoms with Crippen molar-refractivity contribution in [1.29, 1.82) is 0 Å². The standard InChI is InChI=1S/C18H27NO2/c1-18(14-20,16-12-8-5-9-13-16)19-17(21)15-10-6-3-2-4-7-11-15/h5,8-9,12-13,15,20H,2-4,6-7,10-11,14H2,1H3,(H,19,21). The SMILES string of the molecule is CC(CO)(NC(=O)C1CCCCCCC1)c1ccccc1. The smallest absolute Gasteiger partial charge is 0.223 e. The second-order valence-corrected chi connectivity index (χ2v) is 6.39. The second-order valence-electron chi connectivity index (χ2n) is 6.39. The molecule has 0 bridgehead atoms. The zero-order valence-corrected chi connectivity index (χ0v) is 13.0. The highest BCUT2D eigenvalue weighted by Crippen LogP contribution is 2.25. The van der Waals surface area contributed by atoms with Crippen LogP contribution in [-0.2, 0) is 10.3 Å². The van der Waals surface area contributed by atoms with E-state index in [0.717, 1.165) is 31.2 Å². The van der Waals surface area contributed by atoms with Gasteiger partial charge in [0.05, 0.1) is 12.1 Å². The summed E-state index contributed by atoms with van der Waals surface area (Å²) >= 11 is 0. The fourth-order valence-corrected chi connectivity index (χ4v) is 3.10. The number of hydrogen-bond donors (Lipinski definition) is 2. The largest absolute Gasteiger partial charge is 0.394 e. The lowest BCUT2D eigenvalue weighted by Crippen LogP contribution is -2.48. The average molecular weight is 289 g/mol. The van der Waals surface area contributed by atoms with Crippen LogP contribution in [0.5, 0.6) is 0 Å². The van der Waals surface area contributed by atoms with Crippen molar-refractivity contribution >= 4 is 5.91 Å². The molecule has 2 rings (SSSR count). The minimum atomic E-state index is -0.694. The Labute approximate surface area is 127 Å². The van der Waals surface area contributed by atoms with Crippen LogP contribution in [0.2, 0.25) is 0 Å². The third-order valence-corrected chi connectivity index (χ3v) is 4.60. The molecule has 3 nitrogen and oxygen atoms in total. The first-order valence-electron chi connectivity index (χ1n) is 8.14.